The molecule has 0 bridgehead atoms. The zero-order valence-electron chi connectivity index (χ0n) is 7.02. The SMILES string of the molecule is C=CN(C(=N)CC)C(C)C. The smallest absolute Gasteiger partial charge is 0.0997 e. The van der Waals surface area contributed by atoms with Crippen LogP contribution in [0.3, 0.4) is 0 Å². The van der Waals surface area contributed by atoms with Crippen molar-refractivity contribution in [3.63, 3.8) is 0 Å². The van der Waals surface area contributed by atoms with Crippen molar-refractivity contribution in [2.75, 3.05) is 0 Å². The van der Waals surface area contributed by atoms with Gasteiger partial charge in [-0.05, 0) is 20.0 Å². The fourth-order valence-electron chi connectivity index (χ4n) is 0.815. The van der Waals surface area contributed by atoms with Gasteiger partial charge in [0.15, 0.2) is 0 Å². The molecule has 0 unspecified atom stereocenters. The van der Waals surface area contributed by atoms with Crippen molar-refractivity contribution in [3.05, 3.63) is 12.8 Å². The average molecular weight is 140 g/mol. The number of amidine groups is 1. The van der Waals surface area contributed by atoms with E-state index >= 15 is 0 Å². The standard InChI is InChI=1S/C8H16N2/c1-5-8(9)10(6-2)7(3)4/h6-7,9H,2,5H2,1,3-4H3. The van der Waals surface area contributed by atoms with Crippen LogP contribution in [-0.4, -0.2) is 16.8 Å². The maximum absolute atomic E-state index is 7.48. The van der Waals surface area contributed by atoms with Crippen LogP contribution in [0.4, 0.5) is 0 Å². The van der Waals surface area contributed by atoms with Gasteiger partial charge in [-0.3, -0.25) is 5.41 Å². The first kappa shape index (κ1) is 9.21. The van der Waals surface area contributed by atoms with Crippen LogP contribution in [0.2, 0.25) is 0 Å². The van der Waals surface area contributed by atoms with Crippen LogP contribution in [0.25, 0.3) is 0 Å². The van der Waals surface area contributed by atoms with Crippen LogP contribution in [-0.2, 0) is 0 Å². The van der Waals surface area contributed by atoms with Gasteiger partial charge in [-0.15, -0.1) is 0 Å². The van der Waals surface area contributed by atoms with Crippen molar-refractivity contribution in [1.29, 1.82) is 5.41 Å². The topological polar surface area (TPSA) is 27.1 Å². The Morgan fingerprint density at radius 1 is 1.70 bits per heavy atom. The fourth-order valence-corrected chi connectivity index (χ4v) is 0.815. The lowest BCUT2D eigenvalue weighted by atomic mass is 10.3. The minimum absolute atomic E-state index is 0.352. The van der Waals surface area contributed by atoms with E-state index in [9.17, 15) is 0 Å². The zero-order valence-corrected chi connectivity index (χ0v) is 7.02. The van der Waals surface area contributed by atoms with E-state index in [1.807, 2.05) is 25.7 Å². The summed E-state index contributed by atoms with van der Waals surface area (Å²) in [5.41, 5.74) is 0. The predicted molar refractivity (Wildman–Crippen MR) is 45.2 cm³/mol. The van der Waals surface area contributed by atoms with E-state index < -0.39 is 0 Å². The molecule has 0 aliphatic rings. The van der Waals surface area contributed by atoms with E-state index in [0.29, 0.717) is 11.9 Å². The molecule has 0 fully saturated rings. The predicted octanol–water partition coefficient (Wildman–Crippen LogP) is 2.23. The Balaban J connectivity index is 4.06. The van der Waals surface area contributed by atoms with Gasteiger partial charge in [0.25, 0.3) is 0 Å². The third kappa shape index (κ3) is 2.21. The molecule has 0 aromatic carbocycles. The minimum atomic E-state index is 0.352. The summed E-state index contributed by atoms with van der Waals surface area (Å²) in [6.07, 6.45) is 2.47. The molecule has 0 radical (unpaired) electrons. The number of hydrogen-bond donors (Lipinski definition) is 1. The molecule has 2 heteroatoms. The maximum Gasteiger partial charge on any atom is 0.0997 e. The van der Waals surface area contributed by atoms with Gasteiger partial charge < -0.3 is 4.90 Å². The first-order chi connectivity index (χ1) is 4.63. The molecule has 0 aliphatic heterocycles. The van der Waals surface area contributed by atoms with Crippen molar-refractivity contribution in [1.82, 2.24) is 4.90 Å². The van der Waals surface area contributed by atoms with Crippen molar-refractivity contribution < 1.29 is 0 Å². The summed E-state index contributed by atoms with van der Waals surface area (Å²) in [7, 11) is 0. The summed E-state index contributed by atoms with van der Waals surface area (Å²) in [6, 6.07) is 0.352. The third-order valence-corrected chi connectivity index (χ3v) is 1.40. The minimum Gasteiger partial charge on any atom is -0.335 e. The zero-order chi connectivity index (χ0) is 8.15. The normalized spacial score (nSPS) is 9.60. The lowest BCUT2D eigenvalue weighted by molar-refractivity contribution is 0.449. The molecule has 0 spiro atoms. The van der Waals surface area contributed by atoms with E-state index in [1.165, 1.54) is 0 Å². The average Bonchev–Trinajstić information content (AvgIpc) is 1.88. The Kier molecular flexibility index (Phi) is 3.77. The Morgan fingerprint density at radius 2 is 2.20 bits per heavy atom. The molecule has 10 heavy (non-hydrogen) atoms. The van der Waals surface area contributed by atoms with Gasteiger partial charge in [0.05, 0.1) is 5.84 Å². The number of rotatable bonds is 3. The number of nitrogens with zero attached hydrogens (tertiary/aromatic N) is 1. The highest BCUT2D eigenvalue weighted by molar-refractivity contribution is 5.79. The summed E-state index contributed by atoms with van der Waals surface area (Å²) < 4.78 is 0. The van der Waals surface area contributed by atoms with Gasteiger partial charge in [0.1, 0.15) is 0 Å². The molecule has 0 saturated carbocycles. The van der Waals surface area contributed by atoms with E-state index in [1.54, 1.807) is 6.20 Å². The molecule has 0 amide bonds. The van der Waals surface area contributed by atoms with Gasteiger partial charge >= 0.3 is 0 Å². The van der Waals surface area contributed by atoms with Crippen molar-refractivity contribution in [2.45, 2.75) is 33.2 Å². The van der Waals surface area contributed by atoms with Crippen LogP contribution in [0.15, 0.2) is 12.8 Å². The summed E-state index contributed by atoms with van der Waals surface area (Å²) in [4.78, 5) is 1.86. The Hall–Kier alpha value is -0.790. The highest BCUT2D eigenvalue weighted by Crippen LogP contribution is 2.00. The molecule has 0 atom stereocenters. The van der Waals surface area contributed by atoms with E-state index in [4.69, 9.17) is 5.41 Å². The first-order valence-corrected chi connectivity index (χ1v) is 3.61. The Labute approximate surface area is 63.0 Å². The summed E-state index contributed by atoms with van der Waals surface area (Å²) in [6.45, 7) is 9.70. The Bertz CT molecular complexity index is 127. The van der Waals surface area contributed by atoms with Gasteiger partial charge in [-0.25, -0.2) is 0 Å². The summed E-state index contributed by atoms with van der Waals surface area (Å²) in [5.74, 6) is 0.630. The molecule has 0 aromatic rings. The van der Waals surface area contributed by atoms with Crippen molar-refractivity contribution in [2.24, 2.45) is 0 Å². The Morgan fingerprint density at radius 3 is 2.30 bits per heavy atom. The van der Waals surface area contributed by atoms with Crippen LogP contribution in [0, 0.1) is 5.41 Å². The third-order valence-electron chi connectivity index (χ3n) is 1.40. The van der Waals surface area contributed by atoms with Gasteiger partial charge in [-0.1, -0.05) is 13.5 Å². The van der Waals surface area contributed by atoms with Gasteiger partial charge in [0, 0.05) is 12.5 Å². The van der Waals surface area contributed by atoms with Crippen LogP contribution >= 0.6 is 0 Å². The lowest BCUT2D eigenvalue weighted by Crippen LogP contribution is -2.30. The van der Waals surface area contributed by atoms with E-state index in [2.05, 4.69) is 6.58 Å². The molecule has 0 aliphatic carbocycles. The second-order valence-electron chi connectivity index (χ2n) is 2.48. The molecular weight excluding hydrogens is 124 g/mol. The monoisotopic (exact) mass is 140 g/mol. The molecule has 0 aromatic heterocycles. The second-order valence-corrected chi connectivity index (χ2v) is 2.48. The molecule has 0 saturated heterocycles. The van der Waals surface area contributed by atoms with Crippen molar-refractivity contribution in [3.8, 4) is 0 Å². The number of nitrogens with one attached hydrogen (secondary N) is 1. The molecule has 1 N–H and O–H groups in total. The second kappa shape index (κ2) is 4.09. The number of hydrogen-bond acceptors (Lipinski definition) is 1. The van der Waals surface area contributed by atoms with E-state index in [0.717, 1.165) is 6.42 Å². The molecule has 2 nitrogen and oxygen atoms in total. The highest BCUT2D eigenvalue weighted by Gasteiger charge is 2.06. The lowest BCUT2D eigenvalue weighted by Gasteiger charge is -2.23. The van der Waals surface area contributed by atoms with Gasteiger partial charge in [-0.2, -0.15) is 0 Å². The molecule has 0 rings (SSSR count). The summed E-state index contributed by atoms with van der Waals surface area (Å²) in [5, 5.41) is 7.48. The molecular formula is C8H16N2. The first-order valence-electron chi connectivity index (χ1n) is 3.61. The largest absolute Gasteiger partial charge is 0.335 e. The highest BCUT2D eigenvalue weighted by atomic mass is 15.2. The van der Waals surface area contributed by atoms with Crippen molar-refractivity contribution >= 4 is 5.84 Å². The van der Waals surface area contributed by atoms with Gasteiger partial charge in [0.2, 0.25) is 0 Å². The van der Waals surface area contributed by atoms with E-state index in [-0.39, 0.29) is 0 Å². The quantitative estimate of drug-likeness (QED) is 0.472. The molecule has 0 heterocycles. The fraction of sp³-hybridized carbons (Fsp3) is 0.625. The van der Waals surface area contributed by atoms with Crippen LogP contribution < -0.4 is 0 Å². The van der Waals surface area contributed by atoms with Crippen LogP contribution in [0.1, 0.15) is 27.2 Å². The molecule has 58 valence electrons. The maximum atomic E-state index is 7.48. The van der Waals surface area contributed by atoms with Crippen LogP contribution in [0.5, 0.6) is 0 Å². The summed E-state index contributed by atoms with van der Waals surface area (Å²) >= 11 is 0.